The van der Waals surface area contributed by atoms with Crippen LogP contribution in [0.1, 0.15) is 9.67 Å². The Labute approximate surface area is 67.7 Å². The van der Waals surface area contributed by atoms with Crippen molar-refractivity contribution in [2.24, 2.45) is 0 Å². The van der Waals surface area contributed by atoms with Gasteiger partial charge in [0.25, 0.3) is 0 Å². The quantitative estimate of drug-likeness (QED) is 0.591. The monoisotopic (exact) mass is 192 g/mol. The molecule has 6 heteroatoms. The summed E-state index contributed by atoms with van der Waals surface area (Å²) < 4.78 is 0.303. The summed E-state index contributed by atoms with van der Waals surface area (Å²) in [5.41, 5.74) is 0. The van der Waals surface area contributed by atoms with E-state index in [9.17, 15) is 4.79 Å². The van der Waals surface area contributed by atoms with Crippen molar-refractivity contribution >= 4 is 30.3 Å². The Morgan fingerprint density at radius 1 is 1.45 bits per heavy atom. The van der Waals surface area contributed by atoms with Crippen LogP contribution in [-0.2, 0) is 0 Å². The van der Waals surface area contributed by atoms with Crippen molar-refractivity contribution < 1.29 is 19.7 Å². The van der Waals surface area contributed by atoms with Crippen molar-refractivity contribution in [2.45, 2.75) is 0 Å². The summed E-state index contributed by atoms with van der Waals surface area (Å²) in [6.07, 6.45) is 0. The molecule has 3 N–H and O–H groups in total. The van der Waals surface area contributed by atoms with Gasteiger partial charge in [-0.3, -0.25) is 0 Å². The molecule has 1 aromatic rings. The topological polar surface area (TPSA) is 77.8 Å². The van der Waals surface area contributed by atoms with E-state index in [1.54, 1.807) is 0 Å². The Balaban J connectivity index is 2.90. The minimum absolute atomic E-state index is 0.121. The standard InChI is InChI=1S/C5H5O4PS/c6-5(7)3-1-2-4(11-3)10(8)9/h1-2,8-9H,(H,6,7). The molecule has 0 saturated carbocycles. The summed E-state index contributed by atoms with van der Waals surface area (Å²) in [5, 5.41) is 8.43. The fourth-order valence-electron chi connectivity index (χ4n) is 0.550. The van der Waals surface area contributed by atoms with Gasteiger partial charge in [-0.25, -0.2) is 4.79 Å². The van der Waals surface area contributed by atoms with Crippen molar-refractivity contribution in [3.8, 4) is 0 Å². The molecular weight excluding hydrogens is 187 g/mol. The van der Waals surface area contributed by atoms with Gasteiger partial charge in [0.1, 0.15) is 4.88 Å². The van der Waals surface area contributed by atoms with Gasteiger partial charge in [0.05, 0.1) is 4.62 Å². The summed E-state index contributed by atoms with van der Waals surface area (Å²) >= 11 is 0.878. The maximum Gasteiger partial charge on any atom is 0.345 e. The highest BCUT2D eigenvalue weighted by Crippen LogP contribution is 2.26. The molecule has 1 heterocycles. The highest BCUT2D eigenvalue weighted by atomic mass is 32.1. The van der Waals surface area contributed by atoms with Gasteiger partial charge in [-0.05, 0) is 12.1 Å². The number of carboxylic acid groups (broad SMARTS) is 1. The third-order valence-corrected chi connectivity index (χ3v) is 3.18. The lowest BCUT2D eigenvalue weighted by Gasteiger charge is -1.93. The fourth-order valence-corrected chi connectivity index (χ4v) is 1.96. The van der Waals surface area contributed by atoms with E-state index < -0.39 is 14.3 Å². The van der Waals surface area contributed by atoms with Crippen molar-refractivity contribution in [3.63, 3.8) is 0 Å². The van der Waals surface area contributed by atoms with E-state index in [2.05, 4.69) is 0 Å². The van der Waals surface area contributed by atoms with Gasteiger partial charge >= 0.3 is 5.97 Å². The van der Waals surface area contributed by atoms with Gasteiger partial charge in [0, 0.05) is 0 Å². The van der Waals surface area contributed by atoms with Gasteiger partial charge < -0.3 is 14.9 Å². The van der Waals surface area contributed by atoms with Gasteiger partial charge in [-0.2, -0.15) is 0 Å². The fraction of sp³-hybridized carbons (Fsp3) is 0. The zero-order valence-corrected chi connectivity index (χ0v) is 6.97. The predicted molar refractivity (Wildman–Crippen MR) is 42.3 cm³/mol. The Morgan fingerprint density at radius 3 is 2.36 bits per heavy atom. The van der Waals surface area contributed by atoms with E-state index in [1.165, 1.54) is 12.1 Å². The molecule has 0 aliphatic heterocycles. The van der Waals surface area contributed by atoms with Crippen LogP contribution in [0.4, 0.5) is 0 Å². The van der Waals surface area contributed by atoms with Gasteiger partial charge in [-0.15, -0.1) is 11.3 Å². The molecule has 11 heavy (non-hydrogen) atoms. The van der Waals surface area contributed by atoms with Crippen LogP contribution < -0.4 is 4.62 Å². The molecule has 0 aromatic carbocycles. The van der Waals surface area contributed by atoms with E-state index >= 15 is 0 Å². The van der Waals surface area contributed by atoms with E-state index in [0.717, 1.165) is 11.3 Å². The Kier molecular flexibility index (Phi) is 2.57. The van der Waals surface area contributed by atoms with E-state index in [4.69, 9.17) is 14.9 Å². The molecule has 0 aliphatic rings. The van der Waals surface area contributed by atoms with Crippen LogP contribution in [0.3, 0.4) is 0 Å². The van der Waals surface area contributed by atoms with Gasteiger partial charge in [-0.1, -0.05) is 0 Å². The summed E-state index contributed by atoms with van der Waals surface area (Å²) in [7, 11) is -2.14. The second-order valence-electron chi connectivity index (χ2n) is 1.73. The van der Waals surface area contributed by atoms with Crippen LogP contribution in [0.2, 0.25) is 0 Å². The van der Waals surface area contributed by atoms with Crippen LogP contribution in [0.5, 0.6) is 0 Å². The van der Waals surface area contributed by atoms with Crippen molar-refractivity contribution in [2.75, 3.05) is 0 Å². The normalized spacial score (nSPS) is 10.5. The van der Waals surface area contributed by atoms with Crippen LogP contribution in [0.15, 0.2) is 12.1 Å². The molecule has 0 amide bonds. The van der Waals surface area contributed by atoms with Crippen molar-refractivity contribution in [1.82, 2.24) is 0 Å². The second kappa shape index (κ2) is 3.28. The zero-order chi connectivity index (χ0) is 8.43. The Bertz CT molecular complexity index is 269. The second-order valence-corrected chi connectivity index (χ2v) is 4.18. The molecule has 0 spiro atoms. The van der Waals surface area contributed by atoms with E-state index in [1.807, 2.05) is 0 Å². The van der Waals surface area contributed by atoms with Gasteiger partial charge in [0.15, 0.2) is 0 Å². The third-order valence-electron chi connectivity index (χ3n) is 1.000. The first-order valence-corrected chi connectivity index (χ1v) is 4.68. The van der Waals surface area contributed by atoms with Gasteiger partial charge in [0.2, 0.25) is 8.38 Å². The highest BCUT2D eigenvalue weighted by Gasteiger charge is 2.11. The molecule has 1 aromatic heterocycles. The first-order chi connectivity index (χ1) is 5.11. The van der Waals surface area contributed by atoms with E-state index in [-0.39, 0.29) is 4.88 Å². The number of thiophene rings is 1. The third kappa shape index (κ3) is 1.97. The first kappa shape index (κ1) is 8.62. The summed E-state index contributed by atoms with van der Waals surface area (Å²) in [5.74, 6) is -1.04. The summed E-state index contributed by atoms with van der Waals surface area (Å²) in [4.78, 5) is 27.7. The number of carbonyl (C=O) groups is 1. The molecule has 0 atom stereocenters. The summed E-state index contributed by atoms with van der Waals surface area (Å²) in [6, 6.07) is 2.75. The minimum atomic E-state index is -2.14. The first-order valence-electron chi connectivity index (χ1n) is 2.62. The molecule has 4 nitrogen and oxygen atoms in total. The lowest BCUT2D eigenvalue weighted by Crippen LogP contribution is -1.92. The lowest BCUT2D eigenvalue weighted by molar-refractivity contribution is 0.0702. The molecule has 0 bridgehead atoms. The molecule has 60 valence electrons. The molecule has 0 unspecified atom stereocenters. The lowest BCUT2D eigenvalue weighted by atomic mass is 10.5. The van der Waals surface area contributed by atoms with Crippen LogP contribution in [0.25, 0.3) is 0 Å². The highest BCUT2D eigenvalue weighted by molar-refractivity contribution is 7.62. The summed E-state index contributed by atoms with van der Waals surface area (Å²) in [6.45, 7) is 0. The smallest absolute Gasteiger partial charge is 0.345 e. The molecule has 0 aliphatic carbocycles. The minimum Gasteiger partial charge on any atom is -0.477 e. The SMILES string of the molecule is O=C(O)c1ccc(P(O)O)s1. The number of hydrogen-bond donors (Lipinski definition) is 3. The Hall–Kier alpha value is -0.480. The van der Waals surface area contributed by atoms with Crippen LogP contribution in [0, 0.1) is 0 Å². The number of hydrogen-bond acceptors (Lipinski definition) is 4. The number of carboxylic acids is 1. The van der Waals surface area contributed by atoms with Crippen LogP contribution >= 0.6 is 19.7 Å². The molecule has 0 radical (unpaired) electrons. The predicted octanol–water partition coefficient (Wildman–Crippen LogP) is 0.368. The molecule has 1 rings (SSSR count). The zero-order valence-electron chi connectivity index (χ0n) is 5.26. The van der Waals surface area contributed by atoms with Crippen molar-refractivity contribution in [3.05, 3.63) is 17.0 Å². The molecule has 0 saturated heterocycles. The molecular formula is C5H5O4PS. The number of aromatic carboxylic acids is 1. The maximum absolute atomic E-state index is 10.3. The van der Waals surface area contributed by atoms with Crippen molar-refractivity contribution in [1.29, 1.82) is 0 Å². The van der Waals surface area contributed by atoms with Crippen LogP contribution in [-0.4, -0.2) is 20.9 Å². The van der Waals surface area contributed by atoms with E-state index in [0.29, 0.717) is 4.62 Å². The number of rotatable bonds is 2. The average molecular weight is 192 g/mol. The average Bonchev–Trinajstić information content (AvgIpc) is 2.33. The Morgan fingerprint density at radius 2 is 2.09 bits per heavy atom. The maximum atomic E-state index is 10.3. The largest absolute Gasteiger partial charge is 0.477 e. The molecule has 0 fully saturated rings.